The van der Waals surface area contributed by atoms with Crippen molar-refractivity contribution in [2.24, 2.45) is 0 Å². The average Bonchev–Trinajstić information content (AvgIpc) is 2.09. The minimum Gasteiger partial charge on any atom is -0.505 e. The quantitative estimate of drug-likeness (QED) is 0.671. The van der Waals surface area contributed by atoms with E-state index in [9.17, 15) is 13.9 Å². The minimum absolute atomic E-state index is 0.0810. The summed E-state index contributed by atoms with van der Waals surface area (Å²) in [6, 6.07) is 1.14. The molecule has 72 valence electrons. The lowest BCUT2D eigenvalue weighted by molar-refractivity contribution is 0.145. The number of pyridine rings is 1. The molecule has 13 heavy (non-hydrogen) atoms. The van der Waals surface area contributed by atoms with Crippen LogP contribution < -0.4 is 0 Å². The number of aromatic nitrogens is 1. The van der Waals surface area contributed by atoms with Gasteiger partial charge in [-0.2, -0.15) is 0 Å². The molecule has 0 saturated heterocycles. The summed E-state index contributed by atoms with van der Waals surface area (Å²) in [6.07, 6.45) is -2.64. The molecule has 1 rings (SSSR count). The van der Waals surface area contributed by atoms with Crippen molar-refractivity contribution in [3.63, 3.8) is 0 Å². The molecule has 6 heteroatoms. The van der Waals surface area contributed by atoms with Gasteiger partial charge in [-0.25, -0.2) is 13.8 Å². The van der Waals surface area contributed by atoms with Gasteiger partial charge >= 0.3 is 0 Å². The van der Waals surface area contributed by atoms with Gasteiger partial charge in [0.1, 0.15) is 5.69 Å². The molecule has 1 aromatic rings. The summed E-state index contributed by atoms with van der Waals surface area (Å²) >= 11 is 7.16. The molecule has 0 radical (unpaired) electrons. The number of hydrogen-bond donors (Lipinski definition) is 1. The van der Waals surface area contributed by atoms with Crippen molar-refractivity contribution in [2.75, 3.05) is 0 Å². The van der Waals surface area contributed by atoms with Gasteiger partial charge in [0.2, 0.25) is 0 Å². The SMILES string of the molecule is Oc1c(I)cc(C(F)F)nc1CCl. The number of rotatable bonds is 2. The van der Waals surface area contributed by atoms with E-state index in [0.717, 1.165) is 6.07 Å². The number of aromatic hydroxyl groups is 1. The van der Waals surface area contributed by atoms with Crippen LogP contribution in [0, 0.1) is 3.57 Å². The summed E-state index contributed by atoms with van der Waals surface area (Å²) in [5.41, 5.74) is -0.276. The first-order valence-electron chi connectivity index (χ1n) is 3.28. The zero-order chi connectivity index (χ0) is 10.0. The molecule has 0 amide bonds. The second-order valence-electron chi connectivity index (χ2n) is 2.26. The van der Waals surface area contributed by atoms with Gasteiger partial charge in [-0.3, -0.25) is 0 Å². The Bertz CT molecular complexity index is 322. The van der Waals surface area contributed by atoms with Crippen LogP contribution in [-0.2, 0) is 5.88 Å². The highest BCUT2D eigenvalue weighted by molar-refractivity contribution is 14.1. The van der Waals surface area contributed by atoms with Crippen LogP contribution >= 0.6 is 34.2 Å². The van der Waals surface area contributed by atoms with Gasteiger partial charge in [0.25, 0.3) is 6.43 Å². The highest BCUT2D eigenvalue weighted by atomic mass is 127. The maximum absolute atomic E-state index is 12.2. The van der Waals surface area contributed by atoms with Gasteiger partial charge in [0.15, 0.2) is 5.75 Å². The molecule has 1 heterocycles. The van der Waals surface area contributed by atoms with Crippen molar-refractivity contribution < 1.29 is 13.9 Å². The maximum atomic E-state index is 12.2. The van der Waals surface area contributed by atoms with E-state index in [2.05, 4.69) is 4.98 Å². The number of nitrogens with zero attached hydrogens (tertiary/aromatic N) is 1. The van der Waals surface area contributed by atoms with Crippen molar-refractivity contribution in [1.29, 1.82) is 0 Å². The third-order valence-electron chi connectivity index (χ3n) is 1.39. The van der Waals surface area contributed by atoms with E-state index in [0.29, 0.717) is 3.57 Å². The lowest BCUT2D eigenvalue weighted by atomic mass is 10.3. The Kier molecular flexibility index (Phi) is 3.66. The molecule has 0 aromatic carbocycles. The molecular weight excluding hydrogens is 314 g/mol. The molecule has 1 aromatic heterocycles. The normalized spacial score (nSPS) is 10.8. The third-order valence-corrected chi connectivity index (χ3v) is 2.46. The Morgan fingerprint density at radius 1 is 1.62 bits per heavy atom. The molecule has 0 fully saturated rings. The largest absolute Gasteiger partial charge is 0.505 e. The molecular formula is C7H5ClF2INO. The summed E-state index contributed by atoms with van der Waals surface area (Å²) in [5, 5.41) is 9.30. The molecule has 1 N–H and O–H groups in total. The van der Waals surface area contributed by atoms with Crippen LogP contribution in [0.1, 0.15) is 17.8 Å². The molecule has 0 unspecified atom stereocenters. The second kappa shape index (κ2) is 4.36. The molecule has 2 nitrogen and oxygen atoms in total. The van der Waals surface area contributed by atoms with Crippen LogP contribution in [0.25, 0.3) is 0 Å². The fourth-order valence-electron chi connectivity index (χ4n) is 0.782. The fraction of sp³-hybridized carbons (Fsp3) is 0.286. The van der Waals surface area contributed by atoms with Crippen molar-refractivity contribution >= 4 is 34.2 Å². The van der Waals surface area contributed by atoms with Gasteiger partial charge in [0.05, 0.1) is 15.1 Å². The predicted molar refractivity (Wildman–Crippen MR) is 53.1 cm³/mol. The van der Waals surface area contributed by atoms with Crippen molar-refractivity contribution in [1.82, 2.24) is 4.98 Å². The third kappa shape index (κ3) is 2.40. The van der Waals surface area contributed by atoms with E-state index in [1.807, 2.05) is 0 Å². The zero-order valence-corrected chi connectivity index (χ0v) is 9.18. The van der Waals surface area contributed by atoms with E-state index in [4.69, 9.17) is 11.6 Å². The average molecular weight is 319 g/mol. The van der Waals surface area contributed by atoms with E-state index in [1.54, 1.807) is 22.6 Å². The Morgan fingerprint density at radius 2 is 2.23 bits per heavy atom. The Hall–Kier alpha value is -0.170. The van der Waals surface area contributed by atoms with Gasteiger partial charge in [-0.15, -0.1) is 11.6 Å². The summed E-state index contributed by atoms with van der Waals surface area (Å²) in [5.74, 6) is -0.206. The summed E-state index contributed by atoms with van der Waals surface area (Å²) in [7, 11) is 0. The zero-order valence-electron chi connectivity index (χ0n) is 6.27. The van der Waals surface area contributed by atoms with E-state index in [1.165, 1.54) is 0 Å². The molecule has 0 aliphatic heterocycles. The maximum Gasteiger partial charge on any atom is 0.280 e. The monoisotopic (exact) mass is 319 g/mol. The van der Waals surface area contributed by atoms with E-state index < -0.39 is 6.43 Å². The van der Waals surface area contributed by atoms with Crippen LogP contribution in [0.15, 0.2) is 6.07 Å². The summed E-state index contributed by atoms with van der Waals surface area (Å²) < 4.78 is 24.7. The van der Waals surface area contributed by atoms with Gasteiger partial charge < -0.3 is 5.11 Å². The lowest BCUT2D eigenvalue weighted by Gasteiger charge is -2.05. The first-order chi connectivity index (χ1) is 6.06. The molecule has 0 aliphatic rings. The smallest absolute Gasteiger partial charge is 0.280 e. The molecule has 0 spiro atoms. The van der Waals surface area contributed by atoms with Crippen molar-refractivity contribution in [2.45, 2.75) is 12.3 Å². The number of hydrogen-bond acceptors (Lipinski definition) is 2. The molecule has 0 saturated carbocycles. The number of halogens is 4. The fourth-order valence-corrected chi connectivity index (χ4v) is 1.60. The van der Waals surface area contributed by atoms with Crippen LogP contribution in [0.2, 0.25) is 0 Å². The van der Waals surface area contributed by atoms with Crippen LogP contribution in [0.4, 0.5) is 8.78 Å². The van der Waals surface area contributed by atoms with Crippen LogP contribution in [0.5, 0.6) is 5.75 Å². The number of alkyl halides is 3. The minimum atomic E-state index is -2.64. The second-order valence-corrected chi connectivity index (χ2v) is 3.69. The molecule has 0 aliphatic carbocycles. The Morgan fingerprint density at radius 3 is 2.69 bits per heavy atom. The van der Waals surface area contributed by atoms with Gasteiger partial charge in [0, 0.05) is 0 Å². The van der Waals surface area contributed by atoms with E-state index >= 15 is 0 Å². The van der Waals surface area contributed by atoms with Crippen LogP contribution in [0.3, 0.4) is 0 Å². The van der Waals surface area contributed by atoms with Gasteiger partial charge in [-0.1, -0.05) is 0 Å². The summed E-state index contributed by atoms with van der Waals surface area (Å²) in [6.45, 7) is 0. The molecule has 0 atom stereocenters. The lowest BCUT2D eigenvalue weighted by Crippen LogP contribution is -1.96. The van der Waals surface area contributed by atoms with E-state index in [-0.39, 0.29) is 23.0 Å². The van der Waals surface area contributed by atoms with Crippen LogP contribution in [-0.4, -0.2) is 10.1 Å². The Labute approximate surface area is 92.1 Å². The first kappa shape index (κ1) is 10.9. The first-order valence-corrected chi connectivity index (χ1v) is 4.90. The topological polar surface area (TPSA) is 33.1 Å². The summed E-state index contributed by atoms with van der Waals surface area (Å²) in [4.78, 5) is 3.51. The molecule has 0 bridgehead atoms. The van der Waals surface area contributed by atoms with Crippen molar-refractivity contribution in [3.8, 4) is 5.75 Å². The standard InChI is InChI=1S/C7H5ClF2INO/c8-2-5-6(13)3(11)1-4(12-5)7(9)10/h1,7,13H,2H2. The van der Waals surface area contributed by atoms with Gasteiger partial charge in [-0.05, 0) is 28.7 Å². The Balaban J connectivity index is 3.22. The highest BCUT2D eigenvalue weighted by Gasteiger charge is 2.14. The predicted octanol–water partition coefficient (Wildman–Crippen LogP) is 3.07. The van der Waals surface area contributed by atoms with Crippen molar-refractivity contribution in [3.05, 3.63) is 21.0 Å². The highest BCUT2D eigenvalue weighted by Crippen LogP contribution is 2.28.